The fraction of sp³-hybridized carbons (Fsp3) is 0.267. The molecule has 1 aromatic carbocycles. The van der Waals surface area contributed by atoms with E-state index in [1.165, 1.54) is 12.1 Å². The minimum absolute atomic E-state index is 0.304. The van der Waals surface area contributed by atoms with Crippen LogP contribution in [0, 0.1) is 5.82 Å². The van der Waals surface area contributed by atoms with Crippen LogP contribution in [0.1, 0.15) is 29.8 Å². The summed E-state index contributed by atoms with van der Waals surface area (Å²) in [6.45, 7) is 2.02. The third kappa shape index (κ3) is 3.39. The first-order valence-electron chi connectivity index (χ1n) is 6.17. The fourth-order valence-corrected chi connectivity index (χ4v) is 2.46. The number of rotatable bonds is 4. The minimum Gasteiger partial charge on any atom is -0.386 e. The molecule has 0 aliphatic rings. The third-order valence-corrected chi connectivity index (χ3v) is 3.82. The molecule has 0 aliphatic carbocycles. The summed E-state index contributed by atoms with van der Waals surface area (Å²) < 4.78 is 14.0. The second-order valence-electron chi connectivity index (χ2n) is 4.36. The van der Waals surface area contributed by atoms with Gasteiger partial charge in [-0.1, -0.05) is 28.9 Å². The van der Waals surface area contributed by atoms with E-state index in [2.05, 4.69) is 20.9 Å². The summed E-state index contributed by atoms with van der Waals surface area (Å²) in [7, 11) is 0. The van der Waals surface area contributed by atoms with Crippen LogP contribution >= 0.6 is 15.9 Å². The fourth-order valence-electron chi connectivity index (χ4n) is 2.05. The molecule has 0 amide bonds. The normalized spacial score (nSPS) is 12.4. The van der Waals surface area contributed by atoms with Gasteiger partial charge in [0.2, 0.25) is 0 Å². The van der Waals surface area contributed by atoms with Crippen molar-refractivity contribution in [2.45, 2.75) is 25.9 Å². The lowest BCUT2D eigenvalue weighted by atomic mass is 10.0. The Morgan fingerprint density at radius 3 is 2.84 bits per heavy atom. The second kappa shape index (κ2) is 6.26. The summed E-state index contributed by atoms with van der Waals surface area (Å²) in [4.78, 5) is 4.24. The second-order valence-corrected chi connectivity index (χ2v) is 5.21. The van der Waals surface area contributed by atoms with Crippen molar-refractivity contribution in [3.05, 3.63) is 63.6 Å². The lowest BCUT2D eigenvalue weighted by Gasteiger charge is -2.14. The van der Waals surface area contributed by atoms with Crippen LogP contribution in [0.15, 0.2) is 41.0 Å². The highest BCUT2D eigenvalue weighted by Gasteiger charge is 2.15. The Balaban J connectivity index is 2.25. The van der Waals surface area contributed by atoms with Gasteiger partial charge in [-0.25, -0.2) is 4.39 Å². The van der Waals surface area contributed by atoms with E-state index in [0.29, 0.717) is 12.1 Å². The molecule has 0 saturated carbocycles. The highest BCUT2D eigenvalue weighted by atomic mass is 79.9. The van der Waals surface area contributed by atoms with Gasteiger partial charge in [0.25, 0.3) is 0 Å². The lowest BCUT2D eigenvalue weighted by molar-refractivity contribution is 0.172. The molecule has 0 bridgehead atoms. The van der Waals surface area contributed by atoms with Crippen molar-refractivity contribution in [1.82, 2.24) is 4.98 Å². The Kier molecular flexibility index (Phi) is 4.66. The summed E-state index contributed by atoms with van der Waals surface area (Å²) in [5.41, 5.74) is 2.42. The van der Waals surface area contributed by atoms with E-state index in [9.17, 15) is 9.50 Å². The van der Waals surface area contributed by atoms with Crippen molar-refractivity contribution < 1.29 is 9.50 Å². The van der Waals surface area contributed by atoms with E-state index >= 15 is 0 Å². The number of aliphatic hydroxyl groups is 1. The van der Waals surface area contributed by atoms with Crippen molar-refractivity contribution in [3.8, 4) is 0 Å². The van der Waals surface area contributed by atoms with Gasteiger partial charge in [0.1, 0.15) is 11.9 Å². The van der Waals surface area contributed by atoms with Crippen LogP contribution in [-0.2, 0) is 12.8 Å². The van der Waals surface area contributed by atoms with E-state index in [1.807, 2.05) is 19.1 Å². The van der Waals surface area contributed by atoms with Crippen LogP contribution in [0.25, 0.3) is 0 Å². The summed E-state index contributed by atoms with van der Waals surface area (Å²) in [6.07, 6.45) is 2.08. The van der Waals surface area contributed by atoms with E-state index in [-0.39, 0.29) is 5.82 Å². The van der Waals surface area contributed by atoms with Gasteiger partial charge >= 0.3 is 0 Å². The minimum atomic E-state index is -0.728. The Morgan fingerprint density at radius 2 is 2.11 bits per heavy atom. The molecule has 2 aromatic rings. The van der Waals surface area contributed by atoms with Crippen LogP contribution in [-0.4, -0.2) is 10.1 Å². The van der Waals surface area contributed by atoms with Gasteiger partial charge in [-0.05, 0) is 41.8 Å². The van der Waals surface area contributed by atoms with Crippen LogP contribution in [0.5, 0.6) is 0 Å². The van der Waals surface area contributed by atoms with Gasteiger partial charge in [-0.3, -0.25) is 4.98 Å². The quantitative estimate of drug-likeness (QED) is 0.927. The van der Waals surface area contributed by atoms with E-state index < -0.39 is 6.10 Å². The molecule has 4 heteroatoms. The van der Waals surface area contributed by atoms with Gasteiger partial charge in [-0.15, -0.1) is 0 Å². The number of hydrogen-bond acceptors (Lipinski definition) is 2. The highest BCUT2D eigenvalue weighted by molar-refractivity contribution is 9.10. The number of halogens is 2. The number of benzene rings is 1. The molecule has 1 heterocycles. The van der Waals surface area contributed by atoms with Gasteiger partial charge in [-0.2, -0.15) is 0 Å². The van der Waals surface area contributed by atoms with E-state index in [1.54, 1.807) is 12.3 Å². The summed E-state index contributed by atoms with van der Waals surface area (Å²) in [5, 5.41) is 10.3. The van der Waals surface area contributed by atoms with Gasteiger partial charge < -0.3 is 5.11 Å². The molecular formula is C15H15BrFNO. The van der Waals surface area contributed by atoms with Gasteiger partial charge in [0.05, 0.1) is 5.69 Å². The molecule has 19 heavy (non-hydrogen) atoms. The van der Waals surface area contributed by atoms with E-state index in [0.717, 1.165) is 22.0 Å². The van der Waals surface area contributed by atoms with Crippen molar-refractivity contribution >= 4 is 15.9 Å². The van der Waals surface area contributed by atoms with Crippen molar-refractivity contribution in [2.24, 2.45) is 0 Å². The largest absolute Gasteiger partial charge is 0.386 e. The first-order valence-corrected chi connectivity index (χ1v) is 6.97. The maximum atomic E-state index is 13.2. The number of aromatic nitrogens is 1. The van der Waals surface area contributed by atoms with Gasteiger partial charge in [0, 0.05) is 17.1 Å². The molecule has 0 spiro atoms. The van der Waals surface area contributed by atoms with Crippen LogP contribution < -0.4 is 0 Å². The van der Waals surface area contributed by atoms with Crippen molar-refractivity contribution in [3.63, 3.8) is 0 Å². The molecule has 0 fully saturated rings. The van der Waals surface area contributed by atoms with Crippen molar-refractivity contribution in [2.75, 3.05) is 0 Å². The average Bonchev–Trinajstić information content (AvgIpc) is 2.42. The predicted molar refractivity (Wildman–Crippen MR) is 76.4 cm³/mol. The number of aliphatic hydroxyl groups excluding tert-OH is 1. The van der Waals surface area contributed by atoms with Gasteiger partial charge in [0.15, 0.2) is 0 Å². The third-order valence-electron chi connectivity index (χ3n) is 3.04. The molecule has 0 aliphatic heterocycles. The molecule has 2 rings (SSSR count). The van der Waals surface area contributed by atoms with E-state index in [4.69, 9.17) is 0 Å². The number of aryl methyl sites for hydroxylation is 1. The maximum Gasteiger partial charge on any atom is 0.123 e. The molecule has 0 saturated heterocycles. The summed E-state index contributed by atoms with van der Waals surface area (Å²) in [6, 6.07) is 8.27. The Morgan fingerprint density at radius 1 is 1.32 bits per heavy atom. The molecular weight excluding hydrogens is 309 g/mol. The Bertz CT molecular complexity index is 574. The van der Waals surface area contributed by atoms with Crippen LogP contribution in [0.4, 0.5) is 4.39 Å². The number of hydrogen-bond donors (Lipinski definition) is 1. The topological polar surface area (TPSA) is 33.1 Å². The molecule has 2 nitrogen and oxygen atoms in total. The number of pyridine rings is 1. The van der Waals surface area contributed by atoms with Crippen LogP contribution in [0.3, 0.4) is 0 Å². The highest BCUT2D eigenvalue weighted by Crippen LogP contribution is 2.25. The number of nitrogens with zero attached hydrogens (tertiary/aromatic N) is 1. The molecule has 1 aromatic heterocycles. The first-order chi connectivity index (χ1) is 9.11. The molecule has 1 atom stereocenters. The first kappa shape index (κ1) is 14.2. The predicted octanol–water partition coefficient (Wildman–Crippen LogP) is 3.82. The maximum absolute atomic E-state index is 13.2. The Labute approximate surface area is 120 Å². The zero-order valence-corrected chi connectivity index (χ0v) is 12.2. The smallest absolute Gasteiger partial charge is 0.123 e. The summed E-state index contributed by atoms with van der Waals surface area (Å²) in [5.74, 6) is -0.304. The average molecular weight is 324 g/mol. The Hall–Kier alpha value is -1.26. The lowest BCUT2D eigenvalue weighted by Crippen LogP contribution is -2.08. The monoisotopic (exact) mass is 323 g/mol. The zero-order valence-electron chi connectivity index (χ0n) is 10.6. The zero-order chi connectivity index (χ0) is 13.8. The van der Waals surface area contributed by atoms with Crippen molar-refractivity contribution in [1.29, 1.82) is 0 Å². The summed E-state index contributed by atoms with van der Waals surface area (Å²) >= 11 is 3.37. The SMILES string of the molecule is CCc1cccnc1C(O)Cc1cc(F)ccc1Br. The standard InChI is InChI=1S/C15H15BrFNO/c1-2-10-4-3-7-18-15(10)14(19)9-11-8-12(17)5-6-13(11)16/h3-8,14,19H,2,9H2,1H3. The molecule has 0 radical (unpaired) electrons. The molecule has 100 valence electrons. The van der Waals surface area contributed by atoms with Crippen LogP contribution in [0.2, 0.25) is 0 Å². The molecule has 1 unspecified atom stereocenters. The molecule has 1 N–H and O–H groups in total.